The number of nitrogens with one attached hydrogen (secondary N) is 2. The molecule has 0 radical (unpaired) electrons. The number of aromatic amines is 1. The number of aromatic nitrogens is 3. The first kappa shape index (κ1) is 15.4. The van der Waals surface area contributed by atoms with E-state index >= 15 is 0 Å². The molecule has 0 saturated heterocycles. The second-order valence-corrected chi connectivity index (χ2v) is 6.15. The van der Waals surface area contributed by atoms with E-state index in [9.17, 15) is 9.59 Å². The lowest BCUT2D eigenvalue weighted by Crippen LogP contribution is -2.30. The lowest BCUT2D eigenvalue weighted by molar-refractivity contribution is -0.120. The van der Waals surface area contributed by atoms with Gasteiger partial charge in [-0.15, -0.1) is 0 Å². The topological polar surface area (TPSA) is 87.7 Å². The van der Waals surface area contributed by atoms with E-state index in [0.29, 0.717) is 41.2 Å². The molecule has 1 aliphatic carbocycles. The zero-order chi connectivity index (χ0) is 16.4. The van der Waals surface area contributed by atoms with Crippen LogP contribution in [0.3, 0.4) is 0 Å². The Bertz CT molecular complexity index is 770. The summed E-state index contributed by atoms with van der Waals surface area (Å²) >= 11 is 0. The number of pyridine rings is 1. The fourth-order valence-electron chi connectivity index (χ4n) is 2.59. The third-order valence-electron chi connectivity index (χ3n) is 4.30. The molecule has 1 fully saturated rings. The van der Waals surface area contributed by atoms with Crippen LogP contribution < -0.4 is 10.9 Å². The van der Waals surface area contributed by atoms with Crippen molar-refractivity contribution in [3.63, 3.8) is 0 Å². The van der Waals surface area contributed by atoms with Gasteiger partial charge in [-0.3, -0.25) is 14.6 Å². The van der Waals surface area contributed by atoms with Crippen LogP contribution in [0.5, 0.6) is 0 Å². The number of aryl methyl sites for hydroxylation is 1. The predicted molar refractivity (Wildman–Crippen MR) is 86.8 cm³/mol. The first-order valence-electron chi connectivity index (χ1n) is 7.82. The number of amides is 1. The second kappa shape index (κ2) is 6.32. The van der Waals surface area contributed by atoms with Crippen molar-refractivity contribution in [1.82, 2.24) is 20.3 Å². The molecule has 0 spiro atoms. The molecular weight excluding hydrogens is 292 g/mol. The van der Waals surface area contributed by atoms with E-state index in [1.807, 2.05) is 6.07 Å². The van der Waals surface area contributed by atoms with Crippen molar-refractivity contribution in [2.45, 2.75) is 26.7 Å². The van der Waals surface area contributed by atoms with E-state index in [1.54, 1.807) is 25.3 Å². The molecular formula is C17H20N4O2. The fraction of sp³-hybridized carbons (Fsp3) is 0.412. The Labute approximate surface area is 134 Å². The fourth-order valence-corrected chi connectivity index (χ4v) is 2.59. The van der Waals surface area contributed by atoms with Crippen LogP contribution >= 0.6 is 0 Å². The van der Waals surface area contributed by atoms with E-state index < -0.39 is 0 Å². The van der Waals surface area contributed by atoms with Crippen LogP contribution in [0.1, 0.15) is 24.6 Å². The molecule has 3 rings (SSSR count). The normalized spacial score (nSPS) is 19.4. The van der Waals surface area contributed by atoms with Gasteiger partial charge in [0.15, 0.2) is 5.82 Å². The average Bonchev–Trinajstić information content (AvgIpc) is 3.25. The minimum Gasteiger partial charge on any atom is -0.356 e. The van der Waals surface area contributed by atoms with Crippen LogP contribution in [0, 0.1) is 18.8 Å². The molecule has 23 heavy (non-hydrogen) atoms. The second-order valence-electron chi connectivity index (χ2n) is 6.15. The SMILES string of the molecule is Cc1nc(-c2ccccn2)[nH]c(=O)c1CC(=O)NC[C@@H]1C[C@@H]1C. The van der Waals surface area contributed by atoms with E-state index in [4.69, 9.17) is 0 Å². The predicted octanol–water partition coefficient (Wildman–Crippen LogP) is 1.46. The van der Waals surface area contributed by atoms with Gasteiger partial charge >= 0.3 is 0 Å². The van der Waals surface area contributed by atoms with Crippen molar-refractivity contribution in [2.75, 3.05) is 6.54 Å². The molecule has 1 aliphatic rings. The summed E-state index contributed by atoms with van der Waals surface area (Å²) in [5.74, 6) is 1.57. The Morgan fingerprint density at radius 1 is 1.43 bits per heavy atom. The van der Waals surface area contributed by atoms with Gasteiger partial charge in [-0.05, 0) is 37.3 Å². The summed E-state index contributed by atoms with van der Waals surface area (Å²) < 4.78 is 0. The summed E-state index contributed by atoms with van der Waals surface area (Å²) in [6, 6.07) is 5.41. The maximum absolute atomic E-state index is 12.3. The maximum Gasteiger partial charge on any atom is 0.255 e. The summed E-state index contributed by atoms with van der Waals surface area (Å²) in [6.07, 6.45) is 2.86. The molecule has 2 heterocycles. The van der Waals surface area contributed by atoms with E-state index in [2.05, 4.69) is 27.2 Å². The summed E-state index contributed by atoms with van der Waals surface area (Å²) in [5, 5.41) is 2.89. The first-order valence-corrected chi connectivity index (χ1v) is 7.82. The molecule has 0 aromatic carbocycles. The number of rotatable bonds is 5. The number of carbonyl (C=O) groups is 1. The van der Waals surface area contributed by atoms with Gasteiger partial charge in [-0.2, -0.15) is 0 Å². The van der Waals surface area contributed by atoms with Crippen molar-refractivity contribution in [3.8, 4) is 11.5 Å². The van der Waals surface area contributed by atoms with Crippen molar-refractivity contribution in [3.05, 3.63) is 46.0 Å². The summed E-state index contributed by atoms with van der Waals surface area (Å²) in [7, 11) is 0. The van der Waals surface area contributed by atoms with Gasteiger partial charge in [0.25, 0.3) is 5.56 Å². The zero-order valence-electron chi connectivity index (χ0n) is 13.3. The average molecular weight is 312 g/mol. The molecule has 0 aliphatic heterocycles. The highest BCUT2D eigenvalue weighted by atomic mass is 16.2. The lowest BCUT2D eigenvalue weighted by Gasteiger charge is -2.08. The molecule has 0 bridgehead atoms. The van der Waals surface area contributed by atoms with Crippen molar-refractivity contribution in [2.24, 2.45) is 11.8 Å². The first-order chi connectivity index (χ1) is 11.0. The molecule has 2 aromatic rings. The summed E-state index contributed by atoms with van der Waals surface area (Å²) in [5.41, 5.74) is 1.29. The van der Waals surface area contributed by atoms with Gasteiger partial charge < -0.3 is 10.3 Å². The molecule has 120 valence electrons. The van der Waals surface area contributed by atoms with Crippen LogP contribution in [0.15, 0.2) is 29.2 Å². The Kier molecular flexibility index (Phi) is 4.23. The largest absolute Gasteiger partial charge is 0.356 e. The highest BCUT2D eigenvalue weighted by Gasteiger charge is 2.32. The van der Waals surface area contributed by atoms with Crippen LogP contribution in [-0.2, 0) is 11.2 Å². The van der Waals surface area contributed by atoms with E-state index in [-0.39, 0.29) is 17.9 Å². The minimum absolute atomic E-state index is 0.0533. The number of carbonyl (C=O) groups excluding carboxylic acids is 1. The summed E-state index contributed by atoms with van der Waals surface area (Å²) in [4.78, 5) is 35.5. The van der Waals surface area contributed by atoms with Gasteiger partial charge in [-0.25, -0.2) is 4.98 Å². The molecule has 1 saturated carbocycles. The van der Waals surface area contributed by atoms with Gasteiger partial charge in [0.1, 0.15) is 5.69 Å². The van der Waals surface area contributed by atoms with E-state index in [1.165, 1.54) is 6.42 Å². The third kappa shape index (κ3) is 3.64. The minimum atomic E-state index is -0.284. The summed E-state index contributed by atoms with van der Waals surface area (Å²) in [6.45, 7) is 4.61. The lowest BCUT2D eigenvalue weighted by atomic mass is 10.1. The highest BCUT2D eigenvalue weighted by molar-refractivity contribution is 5.78. The van der Waals surface area contributed by atoms with Crippen LogP contribution in [0.4, 0.5) is 0 Å². The number of H-pyrrole nitrogens is 1. The molecule has 1 amide bonds. The third-order valence-corrected chi connectivity index (χ3v) is 4.30. The standard InChI is InChI=1S/C17H20N4O2/c1-10-7-12(10)9-19-15(22)8-13-11(2)20-16(21-17(13)23)14-5-3-4-6-18-14/h3-6,10,12H,7-9H2,1-2H3,(H,19,22)(H,20,21,23)/t10-,12-/m0/s1. The van der Waals surface area contributed by atoms with Gasteiger partial charge in [0.2, 0.25) is 5.91 Å². The van der Waals surface area contributed by atoms with Gasteiger partial charge in [0, 0.05) is 24.0 Å². The monoisotopic (exact) mass is 312 g/mol. The number of hydrogen-bond donors (Lipinski definition) is 2. The molecule has 2 aromatic heterocycles. The maximum atomic E-state index is 12.3. The van der Waals surface area contributed by atoms with Crippen LogP contribution in [0.25, 0.3) is 11.5 Å². The van der Waals surface area contributed by atoms with Crippen LogP contribution in [-0.4, -0.2) is 27.4 Å². The Morgan fingerprint density at radius 2 is 2.22 bits per heavy atom. The van der Waals surface area contributed by atoms with Gasteiger partial charge in [-0.1, -0.05) is 13.0 Å². The van der Waals surface area contributed by atoms with Crippen molar-refractivity contribution in [1.29, 1.82) is 0 Å². The Morgan fingerprint density at radius 3 is 2.83 bits per heavy atom. The van der Waals surface area contributed by atoms with Crippen LogP contribution in [0.2, 0.25) is 0 Å². The van der Waals surface area contributed by atoms with Crippen molar-refractivity contribution < 1.29 is 4.79 Å². The quantitative estimate of drug-likeness (QED) is 0.875. The molecule has 2 N–H and O–H groups in total. The number of nitrogens with zero attached hydrogens (tertiary/aromatic N) is 2. The Balaban J connectivity index is 1.73. The van der Waals surface area contributed by atoms with Gasteiger partial charge in [0.05, 0.1) is 6.42 Å². The number of hydrogen-bond acceptors (Lipinski definition) is 4. The highest BCUT2D eigenvalue weighted by Crippen LogP contribution is 2.36. The van der Waals surface area contributed by atoms with Crippen molar-refractivity contribution >= 4 is 5.91 Å². The molecule has 6 nitrogen and oxygen atoms in total. The molecule has 2 atom stereocenters. The molecule has 0 unspecified atom stereocenters. The molecule has 6 heteroatoms. The van der Waals surface area contributed by atoms with E-state index in [0.717, 1.165) is 0 Å². The smallest absolute Gasteiger partial charge is 0.255 e. The zero-order valence-corrected chi connectivity index (χ0v) is 13.3. The Hall–Kier alpha value is -2.50.